The first kappa shape index (κ1) is 32.0. The molecule has 2 aromatic carbocycles. The number of hydrogen-bond donors (Lipinski definition) is 4. The van der Waals surface area contributed by atoms with Crippen LogP contribution in [0.2, 0.25) is 0 Å². The largest absolute Gasteiger partial charge is 0.507 e. The van der Waals surface area contributed by atoms with E-state index in [4.69, 9.17) is 24.1 Å². The van der Waals surface area contributed by atoms with Crippen LogP contribution in [0.25, 0.3) is 0 Å². The van der Waals surface area contributed by atoms with Gasteiger partial charge in [0.2, 0.25) is 5.78 Å². The molecule has 2 heterocycles. The lowest BCUT2D eigenvalue weighted by atomic mass is 9.75. The van der Waals surface area contributed by atoms with E-state index in [2.05, 4.69) is 4.90 Å². The molecule has 2 saturated heterocycles. The monoisotopic (exact) mass is 613 g/mol. The van der Waals surface area contributed by atoms with Crippen LogP contribution >= 0.6 is 0 Å². The Bertz CT molecular complexity index is 1430. The van der Waals surface area contributed by atoms with Crippen LogP contribution in [0.4, 0.5) is 0 Å². The molecule has 0 amide bonds. The Labute approximate surface area is 255 Å². The third kappa shape index (κ3) is 5.73. The van der Waals surface area contributed by atoms with Gasteiger partial charge in [0.25, 0.3) is 0 Å². The van der Waals surface area contributed by atoms with E-state index in [1.807, 2.05) is 6.92 Å². The smallest absolute Gasteiger partial charge is 0.202 e. The van der Waals surface area contributed by atoms with Crippen LogP contribution in [0.1, 0.15) is 62.7 Å². The van der Waals surface area contributed by atoms with Gasteiger partial charge in [-0.15, -0.1) is 0 Å². The number of benzene rings is 2. The summed E-state index contributed by atoms with van der Waals surface area (Å²) in [6.07, 6.45) is 0.622. The highest BCUT2D eigenvalue weighted by Gasteiger charge is 2.41. The number of aliphatic hydroxyl groups excluding tert-OH is 2. The summed E-state index contributed by atoms with van der Waals surface area (Å²) in [6, 6.07) is 4.71. The van der Waals surface area contributed by atoms with Gasteiger partial charge in [-0.3, -0.25) is 19.3 Å². The number of ketones is 3. The fourth-order valence-corrected chi connectivity index (χ4v) is 6.66. The Morgan fingerprint density at radius 3 is 2.36 bits per heavy atom. The average molecular weight is 614 g/mol. The second-order valence-corrected chi connectivity index (χ2v) is 11.5. The van der Waals surface area contributed by atoms with Crippen LogP contribution in [0.5, 0.6) is 17.2 Å². The highest BCUT2D eigenvalue weighted by atomic mass is 16.7. The summed E-state index contributed by atoms with van der Waals surface area (Å²) in [6.45, 7) is 4.54. The Morgan fingerprint density at radius 1 is 1.02 bits per heavy atom. The minimum Gasteiger partial charge on any atom is -0.507 e. The Kier molecular flexibility index (Phi) is 9.68. The summed E-state index contributed by atoms with van der Waals surface area (Å²) in [4.78, 5) is 40.3. The van der Waals surface area contributed by atoms with Crippen LogP contribution in [0.3, 0.4) is 0 Å². The number of ether oxygens (including phenoxy) is 4. The number of aromatic hydroxyl groups is 2. The molecule has 4 aliphatic rings. The third-order valence-electron chi connectivity index (χ3n) is 9.09. The van der Waals surface area contributed by atoms with E-state index < -0.39 is 30.2 Å². The molecule has 0 saturated carbocycles. The molecule has 0 radical (unpaired) electrons. The first-order chi connectivity index (χ1) is 21.1. The first-order valence-electron chi connectivity index (χ1n) is 14.8. The topological polar surface area (TPSA) is 172 Å². The number of nitrogens with zero attached hydrogens (tertiary/aromatic N) is 1. The number of Topliss-reactive ketones (excluding diaryl/α,β-unsaturated/α-hetero) is 1. The second-order valence-electron chi connectivity index (χ2n) is 11.5. The lowest BCUT2D eigenvalue weighted by Gasteiger charge is -2.44. The van der Waals surface area contributed by atoms with Crippen molar-refractivity contribution in [2.45, 2.75) is 57.1 Å². The quantitative estimate of drug-likeness (QED) is 0.305. The Morgan fingerprint density at radius 2 is 1.70 bits per heavy atom. The SMILES string of the molecule is CO[C@H]1C[C@@H](N2CCOCC2)C(O)C(C)O1.COc1cccc2c1C(=O)c1c(O)c3c(c(O)c1C2=O)C[C@@H](C(=O)CO)CC3. The number of phenols is 2. The Hall–Kier alpha value is -3.39. The van der Waals surface area contributed by atoms with Gasteiger partial charge in [-0.25, -0.2) is 0 Å². The standard InChI is InChI=1S/C21H18O7.C11H21NO4/c1-28-14-4-2-3-11-15(14)21(27)17-16(19(11)25)20(26)12-7-9(13(23)8-22)5-6-10(12)18(17)24;1-8-11(13)9(7-10(14-2)16-8)12-3-5-15-6-4-12/h2-4,9,22,24,26H,5-8H2,1H3;8-11,13H,3-7H2,1-2H3/t9-;8?,9-,10-,11?/m01/s1. The van der Waals surface area contributed by atoms with Crippen molar-refractivity contribution in [2.24, 2.45) is 5.92 Å². The molecule has 0 bridgehead atoms. The number of carbonyl (C=O) groups excluding carboxylic acids is 3. The van der Waals surface area contributed by atoms with Gasteiger partial charge in [-0.05, 0) is 32.3 Å². The summed E-state index contributed by atoms with van der Waals surface area (Å²) < 4.78 is 21.3. The van der Waals surface area contributed by atoms with E-state index in [1.165, 1.54) is 13.2 Å². The van der Waals surface area contributed by atoms with E-state index in [0.717, 1.165) is 32.7 Å². The van der Waals surface area contributed by atoms with E-state index in [-0.39, 0.29) is 82.1 Å². The Balaban J connectivity index is 0.000000204. The molecule has 44 heavy (non-hydrogen) atoms. The summed E-state index contributed by atoms with van der Waals surface area (Å²) in [5.74, 6) is -2.56. The van der Waals surface area contributed by atoms with Crippen molar-refractivity contribution < 1.29 is 53.8 Å². The molecular formula is C32H39NO11. The van der Waals surface area contributed by atoms with Gasteiger partial charge >= 0.3 is 0 Å². The molecule has 12 heteroatoms. The van der Waals surface area contributed by atoms with Crippen molar-refractivity contribution in [3.05, 3.63) is 51.6 Å². The molecular weight excluding hydrogens is 574 g/mol. The molecule has 4 N–H and O–H groups in total. The van der Waals surface area contributed by atoms with Crippen molar-refractivity contribution in [3.8, 4) is 17.2 Å². The fourth-order valence-electron chi connectivity index (χ4n) is 6.66. The van der Waals surface area contributed by atoms with E-state index in [1.54, 1.807) is 19.2 Å². The molecule has 238 valence electrons. The van der Waals surface area contributed by atoms with Crippen LogP contribution in [-0.2, 0) is 31.8 Å². The predicted molar refractivity (Wildman–Crippen MR) is 155 cm³/mol. The van der Waals surface area contributed by atoms with Gasteiger partial charge in [-0.2, -0.15) is 0 Å². The van der Waals surface area contributed by atoms with Gasteiger partial charge in [-0.1, -0.05) is 12.1 Å². The summed E-state index contributed by atoms with van der Waals surface area (Å²) in [5.41, 5.74) is 0.301. The van der Waals surface area contributed by atoms with Gasteiger partial charge < -0.3 is 39.4 Å². The van der Waals surface area contributed by atoms with Crippen molar-refractivity contribution in [3.63, 3.8) is 0 Å². The zero-order valence-corrected chi connectivity index (χ0v) is 25.1. The van der Waals surface area contributed by atoms with Gasteiger partial charge in [0.05, 0.1) is 49.2 Å². The zero-order valence-electron chi connectivity index (χ0n) is 25.1. The minimum atomic E-state index is -0.609. The van der Waals surface area contributed by atoms with Crippen LogP contribution < -0.4 is 4.74 Å². The van der Waals surface area contributed by atoms with Crippen molar-refractivity contribution in [2.75, 3.05) is 47.1 Å². The molecule has 5 atom stereocenters. The lowest BCUT2D eigenvalue weighted by Crippen LogP contribution is -2.57. The number of methoxy groups -OCH3 is 2. The molecule has 2 aliphatic carbocycles. The minimum absolute atomic E-state index is 0.0568. The average Bonchev–Trinajstić information content (AvgIpc) is 3.06. The number of aliphatic hydroxyl groups is 2. The molecule has 2 unspecified atom stereocenters. The normalized spacial score (nSPS) is 26.5. The summed E-state index contributed by atoms with van der Waals surface area (Å²) >= 11 is 0. The maximum Gasteiger partial charge on any atom is 0.202 e. The maximum atomic E-state index is 13.1. The van der Waals surface area contributed by atoms with Crippen LogP contribution in [0.15, 0.2) is 18.2 Å². The number of carbonyl (C=O) groups is 3. The number of hydrogen-bond acceptors (Lipinski definition) is 12. The zero-order chi connectivity index (χ0) is 31.7. The highest BCUT2D eigenvalue weighted by molar-refractivity contribution is 6.31. The van der Waals surface area contributed by atoms with Crippen molar-refractivity contribution >= 4 is 17.3 Å². The second kappa shape index (κ2) is 13.3. The maximum absolute atomic E-state index is 13.1. The summed E-state index contributed by atoms with van der Waals surface area (Å²) in [5, 5.41) is 40.9. The molecule has 2 fully saturated rings. The fraction of sp³-hybridized carbons (Fsp3) is 0.531. The molecule has 0 spiro atoms. The van der Waals surface area contributed by atoms with Crippen LogP contribution in [0, 0.1) is 5.92 Å². The van der Waals surface area contributed by atoms with Gasteiger partial charge in [0.15, 0.2) is 17.9 Å². The predicted octanol–water partition coefficient (Wildman–Crippen LogP) is 1.38. The molecule has 2 aromatic rings. The molecule has 6 rings (SSSR count). The number of fused-ring (bicyclic) bond motifs is 3. The molecule has 0 aromatic heterocycles. The molecule has 12 nitrogen and oxygen atoms in total. The summed E-state index contributed by atoms with van der Waals surface area (Å²) in [7, 11) is 3.02. The van der Waals surface area contributed by atoms with Crippen molar-refractivity contribution in [1.29, 1.82) is 0 Å². The first-order valence-corrected chi connectivity index (χ1v) is 14.8. The van der Waals surface area contributed by atoms with Crippen LogP contribution in [-0.4, -0.2) is 114 Å². The van der Waals surface area contributed by atoms with E-state index in [9.17, 15) is 29.7 Å². The number of morpholine rings is 1. The van der Waals surface area contributed by atoms with Gasteiger partial charge in [0, 0.05) is 55.3 Å². The molecule has 2 aliphatic heterocycles. The van der Waals surface area contributed by atoms with Crippen molar-refractivity contribution in [1.82, 2.24) is 4.90 Å². The third-order valence-corrected chi connectivity index (χ3v) is 9.09. The van der Waals surface area contributed by atoms with Gasteiger partial charge in [0.1, 0.15) is 23.9 Å². The highest BCUT2D eigenvalue weighted by Crippen LogP contribution is 2.47. The lowest BCUT2D eigenvalue weighted by molar-refractivity contribution is -0.230. The number of rotatable bonds is 5. The van der Waals surface area contributed by atoms with E-state index in [0.29, 0.717) is 12.0 Å². The number of phenolic OH excluding ortho intramolecular Hbond substituents is 2. The van der Waals surface area contributed by atoms with E-state index >= 15 is 0 Å².